The summed E-state index contributed by atoms with van der Waals surface area (Å²) in [7, 11) is 1.91. The van der Waals surface area contributed by atoms with Gasteiger partial charge in [0.2, 0.25) is 5.91 Å². The van der Waals surface area contributed by atoms with Crippen molar-refractivity contribution in [2.24, 2.45) is 0 Å². The predicted octanol–water partition coefficient (Wildman–Crippen LogP) is 3.55. The zero-order valence-electron chi connectivity index (χ0n) is 13.4. The van der Waals surface area contributed by atoms with Crippen molar-refractivity contribution in [1.82, 2.24) is 4.90 Å². The molecule has 0 bridgehead atoms. The molecule has 4 nitrogen and oxygen atoms in total. The molecule has 0 aliphatic heterocycles. The van der Waals surface area contributed by atoms with E-state index in [1.54, 1.807) is 0 Å². The summed E-state index contributed by atoms with van der Waals surface area (Å²) >= 11 is 2.26. The number of halogens is 1. The Hall–Kier alpha value is -1.60. The SMILES string of the molecule is Cc1cc(I)ccc1NC(=O)CN(C)CCOc1ccccc1. The number of carbonyl (C=O) groups is 1. The van der Waals surface area contributed by atoms with Gasteiger partial charge in [-0.1, -0.05) is 18.2 Å². The topological polar surface area (TPSA) is 41.6 Å². The molecule has 0 aliphatic rings. The van der Waals surface area contributed by atoms with Crippen molar-refractivity contribution in [2.45, 2.75) is 6.92 Å². The van der Waals surface area contributed by atoms with Crippen molar-refractivity contribution in [3.05, 3.63) is 57.7 Å². The number of ether oxygens (including phenoxy) is 1. The fourth-order valence-electron chi connectivity index (χ4n) is 2.12. The van der Waals surface area contributed by atoms with Crippen molar-refractivity contribution >= 4 is 34.2 Å². The number of aryl methyl sites for hydroxylation is 1. The third-order valence-corrected chi connectivity index (χ3v) is 4.03. The summed E-state index contributed by atoms with van der Waals surface area (Å²) in [5.74, 6) is 0.830. The Bertz CT molecular complexity index is 647. The van der Waals surface area contributed by atoms with Gasteiger partial charge in [-0.15, -0.1) is 0 Å². The number of benzene rings is 2. The van der Waals surface area contributed by atoms with E-state index in [1.165, 1.54) is 0 Å². The van der Waals surface area contributed by atoms with Gasteiger partial charge in [-0.2, -0.15) is 0 Å². The molecule has 0 radical (unpaired) electrons. The zero-order valence-corrected chi connectivity index (χ0v) is 15.5. The van der Waals surface area contributed by atoms with Crippen molar-refractivity contribution in [3.63, 3.8) is 0 Å². The molecule has 1 N–H and O–H groups in total. The number of nitrogens with zero attached hydrogens (tertiary/aromatic N) is 1. The molecule has 2 rings (SSSR count). The van der Waals surface area contributed by atoms with Gasteiger partial charge in [0.15, 0.2) is 0 Å². The maximum Gasteiger partial charge on any atom is 0.238 e. The Labute approximate surface area is 151 Å². The first kappa shape index (κ1) is 17.7. The molecule has 0 unspecified atom stereocenters. The van der Waals surface area contributed by atoms with Gasteiger partial charge in [0.1, 0.15) is 12.4 Å². The lowest BCUT2D eigenvalue weighted by Crippen LogP contribution is -2.33. The molecule has 0 aliphatic carbocycles. The number of carbonyl (C=O) groups excluding carboxylic acids is 1. The van der Waals surface area contributed by atoms with Crippen LogP contribution < -0.4 is 10.1 Å². The van der Waals surface area contributed by atoms with Gasteiger partial charge in [0.05, 0.1) is 6.54 Å². The highest BCUT2D eigenvalue weighted by molar-refractivity contribution is 14.1. The van der Waals surface area contributed by atoms with E-state index >= 15 is 0 Å². The monoisotopic (exact) mass is 424 g/mol. The number of para-hydroxylation sites is 1. The second-order valence-corrected chi connectivity index (χ2v) is 6.65. The number of amides is 1. The van der Waals surface area contributed by atoms with E-state index in [2.05, 4.69) is 27.9 Å². The average Bonchev–Trinajstić information content (AvgIpc) is 2.51. The highest BCUT2D eigenvalue weighted by atomic mass is 127. The molecule has 2 aromatic rings. The van der Waals surface area contributed by atoms with E-state index in [0.717, 1.165) is 20.6 Å². The first-order valence-corrected chi connectivity index (χ1v) is 8.55. The van der Waals surface area contributed by atoms with Crippen LogP contribution in [-0.4, -0.2) is 37.6 Å². The van der Waals surface area contributed by atoms with E-state index in [1.807, 2.05) is 67.4 Å². The second-order valence-electron chi connectivity index (χ2n) is 5.41. The zero-order chi connectivity index (χ0) is 16.7. The molecular formula is C18H21IN2O2. The summed E-state index contributed by atoms with van der Waals surface area (Å²) in [5, 5.41) is 2.95. The molecule has 122 valence electrons. The average molecular weight is 424 g/mol. The van der Waals surface area contributed by atoms with Crippen molar-refractivity contribution < 1.29 is 9.53 Å². The van der Waals surface area contributed by atoms with Crippen LogP contribution in [0.1, 0.15) is 5.56 Å². The smallest absolute Gasteiger partial charge is 0.238 e. The minimum atomic E-state index is -0.0171. The molecule has 23 heavy (non-hydrogen) atoms. The van der Waals surface area contributed by atoms with Crippen LogP contribution in [0.3, 0.4) is 0 Å². The standard InChI is InChI=1S/C18H21IN2O2/c1-14-12-15(19)8-9-17(14)20-18(22)13-21(2)10-11-23-16-6-4-3-5-7-16/h3-9,12H,10-11,13H2,1-2H3,(H,20,22). The Morgan fingerprint density at radius 1 is 1.22 bits per heavy atom. The first-order valence-electron chi connectivity index (χ1n) is 7.47. The lowest BCUT2D eigenvalue weighted by atomic mass is 10.2. The van der Waals surface area contributed by atoms with Crippen molar-refractivity contribution in [2.75, 3.05) is 32.1 Å². The number of rotatable bonds is 7. The molecule has 2 aromatic carbocycles. The van der Waals surface area contributed by atoms with Crippen LogP contribution >= 0.6 is 22.6 Å². The lowest BCUT2D eigenvalue weighted by Gasteiger charge is -2.17. The van der Waals surface area contributed by atoms with E-state index in [-0.39, 0.29) is 5.91 Å². The number of hydrogen-bond acceptors (Lipinski definition) is 3. The Kier molecular flexibility index (Phi) is 6.85. The molecule has 0 aromatic heterocycles. The molecule has 0 saturated carbocycles. The fraction of sp³-hybridized carbons (Fsp3) is 0.278. The van der Waals surface area contributed by atoms with Gasteiger partial charge in [-0.25, -0.2) is 0 Å². The number of nitrogens with one attached hydrogen (secondary N) is 1. The third-order valence-electron chi connectivity index (χ3n) is 3.36. The molecule has 0 heterocycles. The van der Waals surface area contributed by atoms with Crippen LogP contribution in [0.4, 0.5) is 5.69 Å². The van der Waals surface area contributed by atoms with Gasteiger partial charge < -0.3 is 10.1 Å². The maximum atomic E-state index is 12.1. The van der Waals surface area contributed by atoms with Crippen LogP contribution in [0, 0.1) is 10.5 Å². The molecule has 0 fully saturated rings. The van der Waals surface area contributed by atoms with Crippen LogP contribution in [0.2, 0.25) is 0 Å². The van der Waals surface area contributed by atoms with E-state index < -0.39 is 0 Å². The van der Waals surface area contributed by atoms with Gasteiger partial charge in [0, 0.05) is 15.8 Å². The van der Waals surface area contributed by atoms with Crippen LogP contribution in [-0.2, 0) is 4.79 Å². The summed E-state index contributed by atoms with van der Waals surface area (Å²) in [6.45, 7) is 3.57. The third kappa shape index (κ3) is 6.19. The summed E-state index contributed by atoms with van der Waals surface area (Å²) in [6.07, 6.45) is 0. The van der Waals surface area contributed by atoms with Gasteiger partial charge in [-0.05, 0) is 72.5 Å². The first-order chi connectivity index (χ1) is 11.0. The molecule has 1 amide bonds. The van der Waals surface area contributed by atoms with Crippen LogP contribution in [0.5, 0.6) is 5.75 Å². The Balaban J connectivity index is 1.74. The molecule has 0 spiro atoms. The highest BCUT2D eigenvalue weighted by Crippen LogP contribution is 2.17. The Morgan fingerprint density at radius 2 is 1.96 bits per heavy atom. The van der Waals surface area contributed by atoms with Gasteiger partial charge in [0.25, 0.3) is 0 Å². The Morgan fingerprint density at radius 3 is 2.65 bits per heavy atom. The quantitative estimate of drug-likeness (QED) is 0.692. The largest absolute Gasteiger partial charge is 0.492 e. The summed E-state index contributed by atoms with van der Waals surface area (Å²) in [5.41, 5.74) is 1.93. The maximum absolute atomic E-state index is 12.1. The minimum absolute atomic E-state index is 0.0171. The number of likely N-dealkylation sites (N-methyl/N-ethyl adjacent to an activating group) is 1. The number of hydrogen-bond donors (Lipinski definition) is 1. The summed E-state index contributed by atoms with van der Waals surface area (Å²) < 4.78 is 6.80. The summed E-state index contributed by atoms with van der Waals surface area (Å²) in [6, 6.07) is 15.7. The molecule has 5 heteroatoms. The van der Waals surface area contributed by atoms with Gasteiger partial charge in [-0.3, -0.25) is 9.69 Å². The van der Waals surface area contributed by atoms with Crippen LogP contribution in [0.15, 0.2) is 48.5 Å². The molecule has 0 atom stereocenters. The van der Waals surface area contributed by atoms with E-state index in [9.17, 15) is 4.79 Å². The predicted molar refractivity (Wildman–Crippen MR) is 102 cm³/mol. The minimum Gasteiger partial charge on any atom is -0.492 e. The van der Waals surface area contributed by atoms with Gasteiger partial charge >= 0.3 is 0 Å². The molecule has 0 saturated heterocycles. The molecular weight excluding hydrogens is 403 g/mol. The van der Waals surface area contributed by atoms with E-state index in [0.29, 0.717) is 19.7 Å². The second kappa shape index (κ2) is 8.88. The normalized spacial score (nSPS) is 10.6. The number of anilines is 1. The van der Waals surface area contributed by atoms with Crippen LogP contribution in [0.25, 0.3) is 0 Å². The fourth-order valence-corrected chi connectivity index (χ4v) is 2.76. The van der Waals surface area contributed by atoms with Crippen molar-refractivity contribution in [1.29, 1.82) is 0 Å². The van der Waals surface area contributed by atoms with E-state index in [4.69, 9.17) is 4.74 Å². The highest BCUT2D eigenvalue weighted by Gasteiger charge is 2.08. The lowest BCUT2D eigenvalue weighted by molar-refractivity contribution is -0.117. The summed E-state index contributed by atoms with van der Waals surface area (Å²) in [4.78, 5) is 14.0. The van der Waals surface area contributed by atoms with Crippen molar-refractivity contribution in [3.8, 4) is 5.75 Å².